The molecular formula is C13H20ClN3O2S. The van der Waals surface area contributed by atoms with E-state index in [-0.39, 0.29) is 5.75 Å². The van der Waals surface area contributed by atoms with Crippen molar-refractivity contribution >= 4 is 27.4 Å². The van der Waals surface area contributed by atoms with Crippen molar-refractivity contribution < 1.29 is 8.42 Å². The number of sulfone groups is 1. The van der Waals surface area contributed by atoms with Crippen LogP contribution in [-0.2, 0) is 16.4 Å². The van der Waals surface area contributed by atoms with Gasteiger partial charge in [0.15, 0.2) is 5.96 Å². The van der Waals surface area contributed by atoms with E-state index in [1.54, 1.807) is 7.05 Å². The number of guanidine groups is 1. The highest BCUT2D eigenvalue weighted by atomic mass is 35.5. The standard InChI is InChI=1S/C13H20ClN3O2S/c1-15-13(16-8-3-9-20(2,18)19)17-10-11-4-6-12(14)7-5-11/h4-7H,3,8-10H2,1-2H3,(H2,15,16,17). The van der Waals surface area contributed by atoms with Gasteiger partial charge in [0.05, 0.1) is 5.75 Å². The molecule has 2 N–H and O–H groups in total. The van der Waals surface area contributed by atoms with Crippen molar-refractivity contribution in [1.82, 2.24) is 10.6 Å². The van der Waals surface area contributed by atoms with Crippen molar-refractivity contribution in [3.8, 4) is 0 Å². The fraction of sp³-hybridized carbons (Fsp3) is 0.462. The summed E-state index contributed by atoms with van der Waals surface area (Å²) in [5, 5.41) is 6.93. The van der Waals surface area contributed by atoms with Gasteiger partial charge in [0, 0.05) is 31.4 Å². The van der Waals surface area contributed by atoms with Crippen LogP contribution in [0.5, 0.6) is 0 Å². The maximum absolute atomic E-state index is 11.0. The summed E-state index contributed by atoms with van der Waals surface area (Å²) in [7, 11) is -1.23. The van der Waals surface area contributed by atoms with Gasteiger partial charge in [-0.3, -0.25) is 4.99 Å². The summed E-state index contributed by atoms with van der Waals surface area (Å²) in [6, 6.07) is 7.54. The third-order valence-corrected chi connectivity index (χ3v) is 3.86. The lowest BCUT2D eigenvalue weighted by Crippen LogP contribution is -2.37. The first-order valence-corrected chi connectivity index (χ1v) is 8.71. The summed E-state index contributed by atoms with van der Waals surface area (Å²) in [6.45, 7) is 1.19. The van der Waals surface area contributed by atoms with Gasteiger partial charge in [0.2, 0.25) is 0 Å². The minimum Gasteiger partial charge on any atom is -0.356 e. The highest BCUT2D eigenvalue weighted by molar-refractivity contribution is 7.90. The number of hydrogen-bond donors (Lipinski definition) is 2. The number of nitrogens with zero attached hydrogens (tertiary/aromatic N) is 1. The van der Waals surface area contributed by atoms with Gasteiger partial charge in [-0.2, -0.15) is 0 Å². The van der Waals surface area contributed by atoms with Gasteiger partial charge in [-0.15, -0.1) is 0 Å². The van der Waals surface area contributed by atoms with Gasteiger partial charge in [-0.1, -0.05) is 23.7 Å². The van der Waals surface area contributed by atoms with Crippen LogP contribution in [0.1, 0.15) is 12.0 Å². The Kier molecular flexibility index (Phi) is 6.81. The number of rotatable bonds is 6. The number of halogens is 1. The molecule has 0 aromatic heterocycles. The van der Waals surface area contributed by atoms with Crippen molar-refractivity contribution in [2.45, 2.75) is 13.0 Å². The Morgan fingerprint density at radius 1 is 1.25 bits per heavy atom. The minimum atomic E-state index is -2.90. The zero-order valence-electron chi connectivity index (χ0n) is 11.7. The molecule has 0 saturated carbocycles. The van der Waals surface area contributed by atoms with Crippen LogP contribution in [0.15, 0.2) is 29.3 Å². The van der Waals surface area contributed by atoms with Crippen molar-refractivity contribution in [2.75, 3.05) is 25.6 Å². The van der Waals surface area contributed by atoms with E-state index in [1.807, 2.05) is 24.3 Å². The van der Waals surface area contributed by atoms with Gasteiger partial charge in [0.25, 0.3) is 0 Å². The largest absolute Gasteiger partial charge is 0.356 e. The van der Waals surface area contributed by atoms with Crippen LogP contribution in [0, 0.1) is 0 Å². The van der Waals surface area contributed by atoms with Crippen molar-refractivity contribution in [1.29, 1.82) is 0 Å². The number of benzene rings is 1. The Labute approximate surface area is 125 Å². The molecule has 7 heteroatoms. The van der Waals surface area contributed by atoms with Crippen LogP contribution in [0.2, 0.25) is 5.02 Å². The van der Waals surface area contributed by atoms with E-state index in [4.69, 9.17) is 11.6 Å². The zero-order chi connectivity index (χ0) is 15.0. The van der Waals surface area contributed by atoms with Crippen LogP contribution < -0.4 is 10.6 Å². The molecule has 1 aromatic rings. The van der Waals surface area contributed by atoms with Crippen LogP contribution in [-0.4, -0.2) is 40.0 Å². The smallest absolute Gasteiger partial charge is 0.191 e. The van der Waals surface area contributed by atoms with Gasteiger partial charge >= 0.3 is 0 Å². The summed E-state index contributed by atoms with van der Waals surface area (Å²) in [4.78, 5) is 4.07. The predicted molar refractivity (Wildman–Crippen MR) is 84.0 cm³/mol. The summed E-state index contributed by atoms with van der Waals surface area (Å²) < 4.78 is 22.0. The third-order valence-electron chi connectivity index (χ3n) is 2.58. The van der Waals surface area contributed by atoms with E-state index in [0.29, 0.717) is 30.5 Å². The number of hydrogen-bond acceptors (Lipinski definition) is 3. The Hall–Kier alpha value is -1.27. The molecule has 112 valence electrons. The average molecular weight is 318 g/mol. The highest BCUT2D eigenvalue weighted by Gasteiger charge is 2.02. The fourth-order valence-electron chi connectivity index (χ4n) is 1.55. The van der Waals surface area contributed by atoms with Crippen molar-refractivity contribution in [3.05, 3.63) is 34.9 Å². The normalized spacial score (nSPS) is 12.2. The first-order chi connectivity index (χ1) is 9.40. The zero-order valence-corrected chi connectivity index (χ0v) is 13.3. The Morgan fingerprint density at radius 2 is 1.90 bits per heavy atom. The molecule has 0 fully saturated rings. The van der Waals surface area contributed by atoms with E-state index in [0.717, 1.165) is 5.56 Å². The summed E-state index contributed by atoms with van der Waals surface area (Å²) in [5.41, 5.74) is 1.09. The van der Waals surface area contributed by atoms with E-state index in [1.165, 1.54) is 6.26 Å². The van der Waals surface area contributed by atoms with E-state index in [2.05, 4.69) is 15.6 Å². The van der Waals surface area contributed by atoms with Gasteiger partial charge in [-0.25, -0.2) is 8.42 Å². The molecule has 0 radical (unpaired) electrons. The van der Waals surface area contributed by atoms with Gasteiger partial charge in [0.1, 0.15) is 9.84 Å². The minimum absolute atomic E-state index is 0.175. The first kappa shape index (κ1) is 16.8. The Balaban J connectivity index is 2.31. The van der Waals surface area contributed by atoms with Crippen LogP contribution in [0.4, 0.5) is 0 Å². The molecule has 0 atom stereocenters. The SMILES string of the molecule is CN=C(NCCCS(C)(=O)=O)NCc1ccc(Cl)cc1. The van der Waals surface area contributed by atoms with E-state index >= 15 is 0 Å². The van der Waals surface area contributed by atoms with E-state index in [9.17, 15) is 8.42 Å². The molecule has 0 spiro atoms. The second-order valence-electron chi connectivity index (χ2n) is 4.46. The number of nitrogens with one attached hydrogen (secondary N) is 2. The maximum Gasteiger partial charge on any atom is 0.191 e. The van der Waals surface area contributed by atoms with Crippen LogP contribution in [0.25, 0.3) is 0 Å². The molecule has 0 saturated heterocycles. The molecule has 0 amide bonds. The first-order valence-electron chi connectivity index (χ1n) is 6.27. The molecule has 1 rings (SSSR count). The summed E-state index contributed by atoms with van der Waals surface area (Å²) in [5.74, 6) is 0.821. The lowest BCUT2D eigenvalue weighted by atomic mass is 10.2. The van der Waals surface area contributed by atoms with Crippen LogP contribution in [0.3, 0.4) is 0 Å². The maximum atomic E-state index is 11.0. The summed E-state index contributed by atoms with van der Waals surface area (Å²) in [6.07, 6.45) is 1.79. The predicted octanol–water partition coefficient (Wildman–Crippen LogP) is 1.44. The molecule has 20 heavy (non-hydrogen) atoms. The molecule has 1 aromatic carbocycles. The molecule has 0 aliphatic carbocycles. The molecular weight excluding hydrogens is 298 g/mol. The van der Waals surface area contributed by atoms with Gasteiger partial charge < -0.3 is 10.6 Å². The second kappa shape index (κ2) is 8.11. The Morgan fingerprint density at radius 3 is 2.45 bits per heavy atom. The Bertz CT molecular complexity index is 541. The fourth-order valence-corrected chi connectivity index (χ4v) is 2.34. The number of aliphatic imine (C=N–C) groups is 1. The lowest BCUT2D eigenvalue weighted by Gasteiger charge is -2.11. The topological polar surface area (TPSA) is 70.6 Å². The second-order valence-corrected chi connectivity index (χ2v) is 7.16. The molecule has 0 heterocycles. The van der Waals surface area contributed by atoms with Crippen molar-refractivity contribution in [3.63, 3.8) is 0 Å². The third kappa shape index (κ3) is 7.35. The van der Waals surface area contributed by atoms with Gasteiger partial charge in [-0.05, 0) is 24.1 Å². The summed E-state index contributed by atoms with van der Waals surface area (Å²) >= 11 is 5.82. The molecule has 0 unspecified atom stereocenters. The quantitative estimate of drug-likeness (QED) is 0.473. The van der Waals surface area contributed by atoms with Crippen molar-refractivity contribution in [2.24, 2.45) is 4.99 Å². The van der Waals surface area contributed by atoms with E-state index < -0.39 is 9.84 Å². The highest BCUT2D eigenvalue weighted by Crippen LogP contribution is 2.08. The molecule has 0 aliphatic heterocycles. The molecule has 0 aliphatic rings. The monoisotopic (exact) mass is 317 g/mol. The molecule has 0 bridgehead atoms. The molecule has 5 nitrogen and oxygen atoms in total. The van der Waals surface area contributed by atoms with Crippen LogP contribution >= 0.6 is 11.6 Å². The lowest BCUT2D eigenvalue weighted by molar-refractivity contribution is 0.598. The average Bonchev–Trinajstić information content (AvgIpc) is 2.39.